The maximum absolute atomic E-state index is 13.3. The summed E-state index contributed by atoms with van der Waals surface area (Å²) in [5.41, 5.74) is 1.38. The molecule has 27 heavy (non-hydrogen) atoms. The molecule has 0 spiro atoms. The van der Waals surface area contributed by atoms with Crippen LogP contribution in [0.15, 0.2) is 48.7 Å². The van der Waals surface area contributed by atoms with Crippen LogP contribution in [0.25, 0.3) is 0 Å². The number of hydrogen-bond acceptors (Lipinski definition) is 7. The molecule has 0 radical (unpaired) electrons. The van der Waals surface area contributed by atoms with E-state index in [0.717, 1.165) is 0 Å². The van der Waals surface area contributed by atoms with Crippen LogP contribution in [-0.2, 0) is 4.74 Å². The lowest BCUT2D eigenvalue weighted by Gasteiger charge is -2.11. The van der Waals surface area contributed by atoms with Gasteiger partial charge in [0.1, 0.15) is 5.82 Å². The third-order valence-electron chi connectivity index (χ3n) is 3.42. The topological polar surface area (TPSA) is 89.0 Å². The monoisotopic (exact) mass is 387 g/mol. The molecule has 0 saturated carbocycles. The van der Waals surface area contributed by atoms with Gasteiger partial charge in [-0.1, -0.05) is 23.7 Å². The van der Waals surface area contributed by atoms with Crippen LogP contribution < -0.4 is 10.6 Å². The van der Waals surface area contributed by atoms with Crippen LogP contribution >= 0.6 is 11.6 Å². The Balaban J connectivity index is 1.80. The number of benzene rings is 2. The normalized spacial score (nSPS) is 10.3. The lowest BCUT2D eigenvalue weighted by molar-refractivity contribution is 0.0527. The van der Waals surface area contributed by atoms with E-state index in [1.54, 1.807) is 31.2 Å². The van der Waals surface area contributed by atoms with E-state index < -0.39 is 11.8 Å². The smallest absolute Gasteiger partial charge is 0.340 e. The Hall–Kier alpha value is -3.26. The Morgan fingerprint density at radius 2 is 2.04 bits per heavy atom. The Labute approximate surface area is 159 Å². The van der Waals surface area contributed by atoms with Gasteiger partial charge in [-0.25, -0.2) is 9.18 Å². The van der Waals surface area contributed by atoms with Crippen LogP contribution in [0, 0.1) is 5.82 Å². The molecule has 1 heterocycles. The van der Waals surface area contributed by atoms with Crippen molar-refractivity contribution in [2.24, 2.45) is 0 Å². The first-order valence-corrected chi connectivity index (χ1v) is 8.39. The summed E-state index contributed by atoms with van der Waals surface area (Å²) in [4.78, 5) is 16.3. The molecule has 0 aliphatic carbocycles. The minimum Gasteiger partial charge on any atom is -0.462 e. The number of halogens is 2. The highest BCUT2D eigenvalue weighted by Crippen LogP contribution is 2.23. The molecule has 0 fully saturated rings. The van der Waals surface area contributed by atoms with Crippen molar-refractivity contribution in [2.75, 3.05) is 17.2 Å². The minimum absolute atomic E-state index is 0.0104. The largest absolute Gasteiger partial charge is 0.462 e. The van der Waals surface area contributed by atoms with Crippen molar-refractivity contribution in [3.63, 3.8) is 0 Å². The van der Waals surface area contributed by atoms with E-state index in [0.29, 0.717) is 22.8 Å². The van der Waals surface area contributed by atoms with Gasteiger partial charge in [-0.15, -0.1) is 5.10 Å². The second-order valence-corrected chi connectivity index (χ2v) is 5.72. The third-order valence-corrected chi connectivity index (χ3v) is 3.71. The SMILES string of the molecule is CCOC(=O)c1ccccc1Nc1nncc(Nc2ccc(F)c(Cl)c2)n1. The van der Waals surface area contributed by atoms with Gasteiger partial charge < -0.3 is 15.4 Å². The van der Waals surface area contributed by atoms with Crippen molar-refractivity contribution in [2.45, 2.75) is 6.92 Å². The fourth-order valence-corrected chi connectivity index (χ4v) is 2.42. The van der Waals surface area contributed by atoms with E-state index in [1.165, 1.54) is 24.4 Å². The molecule has 0 bridgehead atoms. The van der Waals surface area contributed by atoms with Crippen LogP contribution in [0.5, 0.6) is 0 Å². The fraction of sp³-hybridized carbons (Fsp3) is 0.111. The second-order valence-electron chi connectivity index (χ2n) is 5.31. The number of aromatic nitrogens is 3. The van der Waals surface area contributed by atoms with E-state index in [2.05, 4.69) is 25.8 Å². The third kappa shape index (κ3) is 4.68. The van der Waals surface area contributed by atoms with Gasteiger partial charge in [0.05, 0.1) is 29.1 Å². The minimum atomic E-state index is -0.513. The first-order chi connectivity index (χ1) is 13.1. The summed E-state index contributed by atoms with van der Waals surface area (Å²) in [6.07, 6.45) is 1.40. The zero-order chi connectivity index (χ0) is 19.2. The summed E-state index contributed by atoms with van der Waals surface area (Å²) in [5.74, 6) is -0.432. The molecule has 7 nitrogen and oxygen atoms in total. The van der Waals surface area contributed by atoms with Gasteiger partial charge in [-0.05, 0) is 37.3 Å². The Morgan fingerprint density at radius 3 is 2.81 bits per heavy atom. The number of esters is 1. The summed E-state index contributed by atoms with van der Waals surface area (Å²) >= 11 is 5.77. The van der Waals surface area contributed by atoms with E-state index in [9.17, 15) is 9.18 Å². The Morgan fingerprint density at radius 1 is 1.22 bits per heavy atom. The number of nitrogens with zero attached hydrogens (tertiary/aromatic N) is 3. The number of para-hydroxylation sites is 1. The van der Waals surface area contributed by atoms with Gasteiger partial charge in [0.2, 0.25) is 5.95 Å². The number of anilines is 4. The van der Waals surface area contributed by atoms with E-state index in [1.807, 2.05) is 0 Å². The molecular weight excluding hydrogens is 373 g/mol. The molecule has 0 aliphatic heterocycles. The van der Waals surface area contributed by atoms with Gasteiger partial charge in [0.25, 0.3) is 0 Å². The average molecular weight is 388 g/mol. The molecule has 3 rings (SSSR count). The molecule has 1 aromatic heterocycles. The predicted molar refractivity (Wildman–Crippen MR) is 100 cm³/mol. The zero-order valence-electron chi connectivity index (χ0n) is 14.2. The van der Waals surface area contributed by atoms with Gasteiger partial charge in [0, 0.05) is 5.69 Å². The highest BCUT2D eigenvalue weighted by Gasteiger charge is 2.13. The first kappa shape index (κ1) is 18.5. The van der Waals surface area contributed by atoms with Crippen LogP contribution in [0.1, 0.15) is 17.3 Å². The summed E-state index contributed by atoms with van der Waals surface area (Å²) in [5, 5.41) is 13.7. The number of hydrogen-bond donors (Lipinski definition) is 2. The first-order valence-electron chi connectivity index (χ1n) is 8.02. The van der Waals surface area contributed by atoms with Crippen molar-refractivity contribution >= 4 is 40.7 Å². The molecule has 2 aromatic carbocycles. The molecule has 0 atom stereocenters. The summed E-state index contributed by atoms with van der Waals surface area (Å²) < 4.78 is 18.3. The zero-order valence-corrected chi connectivity index (χ0v) is 15.0. The lowest BCUT2D eigenvalue weighted by atomic mass is 10.2. The number of rotatable bonds is 6. The Kier molecular flexibility index (Phi) is 5.77. The van der Waals surface area contributed by atoms with Crippen molar-refractivity contribution in [3.8, 4) is 0 Å². The lowest BCUT2D eigenvalue weighted by Crippen LogP contribution is -2.09. The van der Waals surface area contributed by atoms with Crippen molar-refractivity contribution in [1.29, 1.82) is 0 Å². The highest BCUT2D eigenvalue weighted by atomic mass is 35.5. The van der Waals surface area contributed by atoms with Gasteiger partial charge in [0.15, 0.2) is 5.82 Å². The quantitative estimate of drug-likeness (QED) is 0.608. The van der Waals surface area contributed by atoms with Gasteiger partial charge in [-0.2, -0.15) is 10.1 Å². The number of nitrogens with one attached hydrogen (secondary N) is 2. The molecule has 9 heteroatoms. The van der Waals surface area contributed by atoms with E-state index >= 15 is 0 Å². The van der Waals surface area contributed by atoms with E-state index in [4.69, 9.17) is 16.3 Å². The van der Waals surface area contributed by atoms with Crippen molar-refractivity contribution in [1.82, 2.24) is 15.2 Å². The molecule has 0 aliphatic rings. The van der Waals surface area contributed by atoms with Crippen LogP contribution in [0.3, 0.4) is 0 Å². The van der Waals surface area contributed by atoms with Gasteiger partial charge in [-0.3, -0.25) is 0 Å². The second kappa shape index (κ2) is 8.41. The number of carbonyl (C=O) groups excluding carboxylic acids is 1. The Bertz CT molecular complexity index is 970. The average Bonchev–Trinajstić information content (AvgIpc) is 2.66. The summed E-state index contributed by atoms with van der Waals surface area (Å²) in [7, 11) is 0. The molecule has 0 unspecified atom stereocenters. The predicted octanol–water partition coefficient (Wildman–Crippen LogP) is 4.33. The molecule has 2 N–H and O–H groups in total. The van der Waals surface area contributed by atoms with Crippen LogP contribution in [-0.4, -0.2) is 27.8 Å². The highest BCUT2D eigenvalue weighted by molar-refractivity contribution is 6.31. The van der Waals surface area contributed by atoms with E-state index in [-0.39, 0.29) is 17.6 Å². The maximum atomic E-state index is 13.3. The van der Waals surface area contributed by atoms with Gasteiger partial charge >= 0.3 is 5.97 Å². The molecule has 3 aromatic rings. The number of carbonyl (C=O) groups is 1. The molecule has 0 amide bonds. The maximum Gasteiger partial charge on any atom is 0.340 e. The van der Waals surface area contributed by atoms with Crippen molar-refractivity contribution in [3.05, 3.63) is 65.1 Å². The molecule has 138 valence electrons. The fourth-order valence-electron chi connectivity index (χ4n) is 2.24. The van der Waals surface area contributed by atoms with Crippen molar-refractivity contribution < 1.29 is 13.9 Å². The molecule has 0 saturated heterocycles. The van der Waals surface area contributed by atoms with Crippen LogP contribution in [0.2, 0.25) is 5.02 Å². The standard InChI is InChI=1S/C18H15ClFN5O2/c1-2-27-17(26)12-5-3-4-6-15(12)23-18-24-16(10-21-25-18)22-11-7-8-14(20)13(19)9-11/h3-10H,2H2,1H3,(H2,22,23,24,25). The summed E-state index contributed by atoms with van der Waals surface area (Å²) in [6.45, 7) is 2.00. The summed E-state index contributed by atoms with van der Waals surface area (Å²) in [6, 6.07) is 11.0. The van der Waals surface area contributed by atoms with Crippen LogP contribution in [0.4, 0.5) is 27.5 Å². The number of ether oxygens (including phenoxy) is 1. The molecular formula is C18H15ClFN5O2.